The number of benzene rings is 2. The average Bonchev–Trinajstić information content (AvgIpc) is 2.76. The van der Waals surface area contributed by atoms with Crippen molar-refractivity contribution in [3.8, 4) is 17.2 Å². The summed E-state index contributed by atoms with van der Waals surface area (Å²) in [6.07, 6.45) is 3.81. The third kappa shape index (κ3) is 5.06. The number of carbonyl (C=O) groups is 1. The fourth-order valence-corrected chi connectivity index (χ4v) is 2.93. The first-order valence-corrected chi connectivity index (χ1v) is 9.11. The van der Waals surface area contributed by atoms with Gasteiger partial charge in [0.2, 0.25) is 0 Å². The number of fused-ring (bicyclic) bond motifs is 1. The molecule has 0 N–H and O–H groups in total. The number of hydrogen-bond donors (Lipinski definition) is 0. The van der Waals surface area contributed by atoms with Gasteiger partial charge in [0.25, 0.3) is 5.69 Å². The Hall–Kier alpha value is -3.59. The van der Waals surface area contributed by atoms with Crippen LogP contribution in [0.1, 0.15) is 23.6 Å². The monoisotopic (exact) mass is 415 g/mol. The molecule has 2 aromatic carbocycles. The number of nitrogens with zero attached hydrogens (tertiary/aromatic N) is 1. The fourth-order valence-electron chi connectivity index (χ4n) is 2.93. The van der Waals surface area contributed by atoms with E-state index in [2.05, 4.69) is 0 Å². The molecule has 0 atom stereocenters. The molecule has 1 aliphatic rings. The fraction of sp³-hybridized carbons (Fsp3) is 0.286. The highest BCUT2D eigenvalue weighted by Crippen LogP contribution is 2.33. The number of esters is 1. The van der Waals surface area contributed by atoms with E-state index in [4.69, 9.17) is 23.7 Å². The molecule has 1 heterocycles. The number of carbonyl (C=O) groups excluding carboxylic acids is 1. The van der Waals surface area contributed by atoms with E-state index in [1.165, 1.54) is 19.2 Å². The lowest BCUT2D eigenvalue weighted by Gasteiger charge is -2.20. The average molecular weight is 415 g/mol. The molecule has 0 spiro atoms. The molecular formula is C21H21NO8. The summed E-state index contributed by atoms with van der Waals surface area (Å²) in [5.41, 5.74) is 1.73. The Morgan fingerprint density at radius 2 is 2.10 bits per heavy atom. The van der Waals surface area contributed by atoms with Gasteiger partial charge in [-0.3, -0.25) is 10.1 Å². The van der Waals surface area contributed by atoms with Crippen LogP contribution in [-0.4, -0.2) is 31.4 Å². The van der Waals surface area contributed by atoms with Gasteiger partial charge in [0.1, 0.15) is 12.4 Å². The maximum atomic E-state index is 12.1. The number of nitro groups is 1. The highest BCUT2D eigenvalue weighted by molar-refractivity contribution is 5.71. The summed E-state index contributed by atoms with van der Waals surface area (Å²) in [4.78, 5) is 22.8. The van der Waals surface area contributed by atoms with Crippen molar-refractivity contribution in [3.05, 3.63) is 63.2 Å². The molecule has 9 nitrogen and oxygen atoms in total. The van der Waals surface area contributed by atoms with E-state index >= 15 is 0 Å². The van der Waals surface area contributed by atoms with Crippen LogP contribution in [0.5, 0.6) is 17.2 Å². The lowest BCUT2D eigenvalue weighted by molar-refractivity contribution is -0.385. The minimum atomic E-state index is -0.637. The van der Waals surface area contributed by atoms with Gasteiger partial charge in [-0.1, -0.05) is 18.2 Å². The van der Waals surface area contributed by atoms with Crippen molar-refractivity contribution >= 4 is 17.7 Å². The Morgan fingerprint density at radius 3 is 2.83 bits per heavy atom. The molecule has 0 aromatic heterocycles. The normalized spacial score (nSPS) is 12.7. The molecule has 0 unspecified atom stereocenters. The SMILES string of the molecule is C/C=C/c1ccc(OCC(=O)OCc2cc([N+](=O)[O-])cc3c2OCOC3)c(OC)c1. The third-order valence-electron chi connectivity index (χ3n) is 4.26. The number of ether oxygens (including phenoxy) is 5. The molecule has 3 rings (SSSR count). The number of nitro benzene ring substituents is 1. The first kappa shape index (κ1) is 21.1. The van der Waals surface area contributed by atoms with Gasteiger partial charge in [0.05, 0.1) is 18.6 Å². The second-order valence-electron chi connectivity index (χ2n) is 6.32. The Labute approximate surface area is 172 Å². The van der Waals surface area contributed by atoms with Gasteiger partial charge in [-0.05, 0) is 24.6 Å². The molecule has 0 bridgehead atoms. The van der Waals surface area contributed by atoms with Crippen molar-refractivity contribution in [3.63, 3.8) is 0 Å². The lowest BCUT2D eigenvalue weighted by Crippen LogP contribution is -2.17. The largest absolute Gasteiger partial charge is 0.493 e. The van der Waals surface area contributed by atoms with Crippen LogP contribution in [0.3, 0.4) is 0 Å². The molecule has 0 aliphatic carbocycles. The molecule has 0 radical (unpaired) electrons. The summed E-state index contributed by atoms with van der Waals surface area (Å²) in [6.45, 7) is 1.58. The van der Waals surface area contributed by atoms with E-state index in [0.29, 0.717) is 28.4 Å². The van der Waals surface area contributed by atoms with Gasteiger partial charge in [-0.2, -0.15) is 0 Å². The lowest BCUT2D eigenvalue weighted by atomic mass is 10.1. The molecule has 0 fully saturated rings. The van der Waals surface area contributed by atoms with Gasteiger partial charge < -0.3 is 23.7 Å². The second kappa shape index (κ2) is 9.75. The van der Waals surface area contributed by atoms with E-state index in [1.807, 2.05) is 25.1 Å². The zero-order valence-electron chi connectivity index (χ0n) is 16.6. The molecule has 158 valence electrons. The summed E-state index contributed by atoms with van der Waals surface area (Å²) in [5.74, 6) is 0.680. The van der Waals surface area contributed by atoms with E-state index in [-0.39, 0.29) is 32.3 Å². The van der Waals surface area contributed by atoms with Crippen LogP contribution >= 0.6 is 0 Å². The summed E-state index contributed by atoms with van der Waals surface area (Å²) in [5, 5.41) is 11.1. The minimum Gasteiger partial charge on any atom is -0.493 e. The number of rotatable bonds is 8. The molecule has 30 heavy (non-hydrogen) atoms. The number of allylic oxidation sites excluding steroid dienone is 1. The predicted molar refractivity (Wildman–Crippen MR) is 106 cm³/mol. The Morgan fingerprint density at radius 1 is 1.27 bits per heavy atom. The molecular weight excluding hydrogens is 394 g/mol. The van der Waals surface area contributed by atoms with Crippen LogP contribution in [0.4, 0.5) is 5.69 Å². The standard InChI is InChI=1S/C21H21NO8/c1-3-4-14-5-6-18(19(7-14)26-2)28-12-20(23)29-11-16-9-17(22(24)25)8-15-10-27-13-30-21(15)16/h3-9H,10-13H2,1-2H3/b4-3+. The van der Waals surface area contributed by atoms with Gasteiger partial charge >= 0.3 is 5.97 Å². The van der Waals surface area contributed by atoms with Crippen LogP contribution in [0.2, 0.25) is 0 Å². The number of non-ortho nitro benzene ring substituents is 1. The van der Waals surface area contributed by atoms with Gasteiger partial charge in [0.15, 0.2) is 24.9 Å². The van der Waals surface area contributed by atoms with Gasteiger partial charge in [0, 0.05) is 23.3 Å². The quantitative estimate of drug-likeness (QED) is 0.366. The van der Waals surface area contributed by atoms with Crippen molar-refractivity contribution in [2.75, 3.05) is 20.5 Å². The summed E-state index contributed by atoms with van der Waals surface area (Å²) in [6, 6.07) is 8.02. The molecule has 0 saturated carbocycles. The van der Waals surface area contributed by atoms with Crippen LogP contribution in [-0.2, 0) is 27.5 Å². The minimum absolute atomic E-state index is 0.0257. The van der Waals surface area contributed by atoms with Crippen LogP contribution in [0.25, 0.3) is 6.08 Å². The number of hydrogen-bond acceptors (Lipinski definition) is 8. The van der Waals surface area contributed by atoms with Crippen LogP contribution < -0.4 is 14.2 Å². The molecule has 9 heteroatoms. The Bertz CT molecular complexity index is 970. The summed E-state index contributed by atoms with van der Waals surface area (Å²) < 4.78 is 26.6. The van der Waals surface area contributed by atoms with E-state index in [0.717, 1.165) is 5.56 Å². The highest BCUT2D eigenvalue weighted by atomic mass is 16.7. The molecule has 2 aromatic rings. The smallest absolute Gasteiger partial charge is 0.344 e. The van der Waals surface area contributed by atoms with E-state index < -0.39 is 10.9 Å². The molecule has 0 saturated heterocycles. The van der Waals surface area contributed by atoms with Crippen molar-refractivity contribution in [2.24, 2.45) is 0 Å². The van der Waals surface area contributed by atoms with Crippen LogP contribution in [0, 0.1) is 10.1 Å². The molecule has 1 aliphatic heterocycles. The van der Waals surface area contributed by atoms with Crippen molar-refractivity contribution < 1.29 is 33.4 Å². The Balaban J connectivity index is 1.64. The van der Waals surface area contributed by atoms with Crippen molar-refractivity contribution in [2.45, 2.75) is 20.1 Å². The zero-order valence-corrected chi connectivity index (χ0v) is 16.6. The number of methoxy groups -OCH3 is 1. The maximum Gasteiger partial charge on any atom is 0.344 e. The first-order valence-electron chi connectivity index (χ1n) is 9.11. The summed E-state index contributed by atoms with van der Waals surface area (Å²) in [7, 11) is 1.51. The first-order chi connectivity index (χ1) is 14.5. The van der Waals surface area contributed by atoms with Gasteiger partial charge in [-0.25, -0.2) is 4.79 Å². The predicted octanol–water partition coefficient (Wildman–Crippen LogP) is 3.63. The molecule has 0 amide bonds. The van der Waals surface area contributed by atoms with Crippen molar-refractivity contribution in [1.29, 1.82) is 0 Å². The van der Waals surface area contributed by atoms with E-state index in [9.17, 15) is 14.9 Å². The van der Waals surface area contributed by atoms with Crippen LogP contribution in [0.15, 0.2) is 36.4 Å². The topological polar surface area (TPSA) is 106 Å². The second-order valence-corrected chi connectivity index (χ2v) is 6.32. The van der Waals surface area contributed by atoms with Gasteiger partial charge in [-0.15, -0.1) is 0 Å². The highest BCUT2D eigenvalue weighted by Gasteiger charge is 2.22. The van der Waals surface area contributed by atoms with E-state index in [1.54, 1.807) is 12.1 Å². The maximum absolute atomic E-state index is 12.1. The van der Waals surface area contributed by atoms with Crippen molar-refractivity contribution in [1.82, 2.24) is 0 Å². The Kier molecular flexibility index (Phi) is 6.87. The third-order valence-corrected chi connectivity index (χ3v) is 4.26. The zero-order chi connectivity index (χ0) is 21.5. The summed E-state index contributed by atoms with van der Waals surface area (Å²) >= 11 is 0.